The van der Waals surface area contributed by atoms with Crippen molar-refractivity contribution in [1.29, 1.82) is 0 Å². The molecule has 0 bridgehead atoms. The Morgan fingerprint density at radius 3 is 2.29 bits per heavy atom. The zero-order chi connectivity index (χ0) is 15.1. The molecule has 1 aliphatic heterocycles. The predicted molar refractivity (Wildman–Crippen MR) is 92.0 cm³/mol. The SMILES string of the molecule is C=Cc1ccc(CN2CCN(C(/C=C\C)=C/C)CC2)cc1. The van der Waals surface area contributed by atoms with E-state index in [-0.39, 0.29) is 0 Å². The Kier molecular flexibility index (Phi) is 5.82. The number of benzene rings is 1. The molecule has 1 saturated heterocycles. The molecule has 1 heterocycles. The summed E-state index contributed by atoms with van der Waals surface area (Å²) in [6, 6.07) is 8.70. The van der Waals surface area contributed by atoms with Crippen LogP contribution in [0.4, 0.5) is 0 Å². The quantitative estimate of drug-likeness (QED) is 0.755. The van der Waals surface area contributed by atoms with E-state index in [1.807, 2.05) is 6.08 Å². The van der Waals surface area contributed by atoms with E-state index in [9.17, 15) is 0 Å². The molecule has 112 valence electrons. The first-order valence-electron chi connectivity index (χ1n) is 7.74. The fraction of sp³-hybridized carbons (Fsp3) is 0.368. The van der Waals surface area contributed by atoms with Gasteiger partial charge in [-0.25, -0.2) is 0 Å². The average molecular weight is 282 g/mol. The Morgan fingerprint density at radius 1 is 1.10 bits per heavy atom. The van der Waals surface area contributed by atoms with Crippen molar-refractivity contribution < 1.29 is 0 Å². The number of allylic oxidation sites excluding steroid dienone is 3. The van der Waals surface area contributed by atoms with Crippen LogP contribution in [0.5, 0.6) is 0 Å². The predicted octanol–water partition coefficient (Wildman–Crippen LogP) is 3.93. The monoisotopic (exact) mass is 282 g/mol. The minimum atomic E-state index is 1.04. The first-order valence-corrected chi connectivity index (χ1v) is 7.74. The fourth-order valence-electron chi connectivity index (χ4n) is 2.74. The summed E-state index contributed by atoms with van der Waals surface area (Å²) >= 11 is 0. The number of piperazine rings is 1. The van der Waals surface area contributed by atoms with Gasteiger partial charge in [-0.1, -0.05) is 49.1 Å². The molecule has 0 aromatic heterocycles. The highest BCUT2D eigenvalue weighted by atomic mass is 15.3. The lowest BCUT2D eigenvalue weighted by atomic mass is 10.1. The fourth-order valence-corrected chi connectivity index (χ4v) is 2.74. The lowest BCUT2D eigenvalue weighted by Crippen LogP contribution is -2.45. The molecule has 0 aliphatic carbocycles. The lowest BCUT2D eigenvalue weighted by Gasteiger charge is -2.36. The van der Waals surface area contributed by atoms with Gasteiger partial charge in [0.05, 0.1) is 0 Å². The molecule has 0 unspecified atom stereocenters. The molecule has 1 fully saturated rings. The summed E-state index contributed by atoms with van der Waals surface area (Å²) in [5.74, 6) is 0. The summed E-state index contributed by atoms with van der Waals surface area (Å²) in [5, 5.41) is 0. The Hall–Kier alpha value is -1.80. The third-order valence-electron chi connectivity index (χ3n) is 3.99. The van der Waals surface area contributed by atoms with E-state index in [1.54, 1.807) is 0 Å². The molecular formula is C19H26N2. The van der Waals surface area contributed by atoms with E-state index in [2.05, 4.69) is 72.7 Å². The van der Waals surface area contributed by atoms with Crippen molar-refractivity contribution in [2.45, 2.75) is 20.4 Å². The number of hydrogen-bond donors (Lipinski definition) is 0. The van der Waals surface area contributed by atoms with Gasteiger partial charge in [0.1, 0.15) is 0 Å². The minimum absolute atomic E-state index is 1.04. The van der Waals surface area contributed by atoms with Crippen molar-refractivity contribution in [3.8, 4) is 0 Å². The summed E-state index contributed by atoms with van der Waals surface area (Å²) < 4.78 is 0. The number of hydrogen-bond acceptors (Lipinski definition) is 2. The second-order valence-electron chi connectivity index (χ2n) is 5.42. The zero-order valence-electron chi connectivity index (χ0n) is 13.3. The summed E-state index contributed by atoms with van der Waals surface area (Å²) in [6.45, 7) is 13.5. The van der Waals surface area contributed by atoms with E-state index in [0.29, 0.717) is 0 Å². The molecule has 0 amide bonds. The summed E-state index contributed by atoms with van der Waals surface area (Å²) in [6.07, 6.45) is 8.40. The van der Waals surface area contributed by atoms with Gasteiger partial charge in [-0.2, -0.15) is 0 Å². The van der Waals surface area contributed by atoms with Crippen LogP contribution in [0.2, 0.25) is 0 Å². The second kappa shape index (κ2) is 7.84. The van der Waals surface area contributed by atoms with Gasteiger partial charge >= 0.3 is 0 Å². The zero-order valence-corrected chi connectivity index (χ0v) is 13.3. The molecule has 1 aromatic carbocycles. The molecule has 2 nitrogen and oxygen atoms in total. The highest BCUT2D eigenvalue weighted by Gasteiger charge is 2.17. The smallest absolute Gasteiger partial charge is 0.0320 e. The Bertz CT molecular complexity index is 503. The van der Waals surface area contributed by atoms with Gasteiger partial charge in [-0.3, -0.25) is 4.90 Å². The molecule has 0 radical (unpaired) electrons. The lowest BCUT2D eigenvalue weighted by molar-refractivity contribution is 0.155. The molecule has 2 heteroatoms. The van der Waals surface area contributed by atoms with Gasteiger partial charge in [-0.05, 0) is 31.1 Å². The van der Waals surface area contributed by atoms with E-state index in [4.69, 9.17) is 0 Å². The molecule has 1 aliphatic rings. The maximum Gasteiger partial charge on any atom is 0.0320 e. The Labute approximate surface area is 129 Å². The van der Waals surface area contributed by atoms with Crippen molar-refractivity contribution in [2.24, 2.45) is 0 Å². The van der Waals surface area contributed by atoms with Crippen LogP contribution in [0.3, 0.4) is 0 Å². The maximum absolute atomic E-state index is 3.80. The molecule has 0 spiro atoms. The summed E-state index contributed by atoms with van der Waals surface area (Å²) in [7, 11) is 0. The molecule has 1 aromatic rings. The van der Waals surface area contributed by atoms with E-state index in [0.717, 1.165) is 32.7 Å². The first-order chi connectivity index (χ1) is 10.3. The van der Waals surface area contributed by atoms with Crippen molar-refractivity contribution in [3.05, 3.63) is 65.9 Å². The van der Waals surface area contributed by atoms with E-state index in [1.165, 1.54) is 16.8 Å². The Balaban J connectivity index is 1.87. The number of nitrogens with zero attached hydrogens (tertiary/aromatic N) is 2. The van der Waals surface area contributed by atoms with Crippen LogP contribution in [0.1, 0.15) is 25.0 Å². The van der Waals surface area contributed by atoms with Crippen LogP contribution in [0.15, 0.2) is 54.8 Å². The average Bonchev–Trinajstić information content (AvgIpc) is 2.54. The van der Waals surface area contributed by atoms with Gasteiger partial charge < -0.3 is 4.90 Å². The highest BCUT2D eigenvalue weighted by Crippen LogP contribution is 2.14. The summed E-state index contributed by atoms with van der Waals surface area (Å²) in [4.78, 5) is 5.00. The van der Waals surface area contributed by atoms with Crippen LogP contribution in [-0.2, 0) is 6.54 Å². The highest BCUT2D eigenvalue weighted by molar-refractivity contribution is 5.47. The third-order valence-corrected chi connectivity index (χ3v) is 3.99. The third kappa shape index (κ3) is 4.33. The first kappa shape index (κ1) is 15.6. The minimum Gasteiger partial charge on any atom is -0.369 e. The van der Waals surface area contributed by atoms with Gasteiger partial charge in [0.25, 0.3) is 0 Å². The van der Waals surface area contributed by atoms with Gasteiger partial charge in [0.15, 0.2) is 0 Å². The van der Waals surface area contributed by atoms with Gasteiger partial charge in [0, 0.05) is 38.4 Å². The molecule has 21 heavy (non-hydrogen) atoms. The number of rotatable bonds is 5. The van der Waals surface area contributed by atoms with Crippen LogP contribution in [0.25, 0.3) is 6.08 Å². The second-order valence-corrected chi connectivity index (χ2v) is 5.42. The van der Waals surface area contributed by atoms with Crippen LogP contribution >= 0.6 is 0 Å². The van der Waals surface area contributed by atoms with Crippen molar-refractivity contribution >= 4 is 6.08 Å². The van der Waals surface area contributed by atoms with Crippen LogP contribution < -0.4 is 0 Å². The maximum atomic E-state index is 3.80. The van der Waals surface area contributed by atoms with Crippen molar-refractivity contribution in [1.82, 2.24) is 9.80 Å². The van der Waals surface area contributed by atoms with Gasteiger partial charge in [-0.15, -0.1) is 0 Å². The van der Waals surface area contributed by atoms with Crippen molar-refractivity contribution in [3.63, 3.8) is 0 Å². The normalized spacial score (nSPS) is 17.4. The van der Waals surface area contributed by atoms with Crippen LogP contribution in [0, 0.1) is 0 Å². The van der Waals surface area contributed by atoms with Gasteiger partial charge in [0.2, 0.25) is 0 Å². The van der Waals surface area contributed by atoms with E-state index < -0.39 is 0 Å². The molecule has 0 atom stereocenters. The standard InChI is InChI=1S/C19H26N2/c1-4-7-19(6-3)21-14-12-20(13-15-21)16-18-10-8-17(5-2)9-11-18/h4-11H,2,12-16H2,1,3H3/b7-4-,19-6+. The summed E-state index contributed by atoms with van der Waals surface area (Å²) in [5.41, 5.74) is 3.91. The van der Waals surface area contributed by atoms with Crippen molar-refractivity contribution in [2.75, 3.05) is 26.2 Å². The van der Waals surface area contributed by atoms with Crippen LogP contribution in [-0.4, -0.2) is 36.0 Å². The largest absolute Gasteiger partial charge is 0.369 e. The molecule has 2 rings (SSSR count). The van der Waals surface area contributed by atoms with E-state index >= 15 is 0 Å². The molecule has 0 N–H and O–H groups in total. The Morgan fingerprint density at radius 2 is 1.76 bits per heavy atom. The molecular weight excluding hydrogens is 256 g/mol. The topological polar surface area (TPSA) is 6.48 Å². The molecule has 0 saturated carbocycles.